The van der Waals surface area contributed by atoms with Crippen molar-refractivity contribution in [1.29, 1.82) is 0 Å². The molecule has 1 aromatic rings. The van der Waals surface area contributed by atoms with E-state index >= 15 is 0 Å². The highest BCUT2D eigenvalue weighted by molar-refractivity contribution is 7.99. The van der Waals surface area contributed by atoms with Gasteiger partial charge in [-0.1, -0.05) is 11.8 Å². The van der Waals surface area contributed by atoms with E-state index in [1.54, 1.807) is 0 Å². The number of hydrogen-bond donors (Lipinski definition) is 2. The number of carboxylic acids is 1. The molecule has 0 aromatic carbocycles. The number of aliphatic carboxylic acids is 1. The van der Waals surface area contributed by atoms with Gasteiger partial charge in [-0.15, -0.1) is 10.2 Å². The summed E-state index contributed by atoms with van der Waals surface area (Å²) in [6.45, 7) is -0.200. The van der Waals surface area contributed by atoms with Gasteiger partial charge in [0.2, 0.25) is 0 Å². The van der Waals surface area contributed by atoms with Gasteiger partial charge < -0.3 is 14.9 Å². The molecule has 2 saturated heterocycles. The molecule has 2 bridgehead atoms. The number of aliphatic hydroxyl groups is 1. The van der Waals surface area contributed by atoms with Crippen LogP contribution in [0.3, 0.4) is 0 Å². The van der Waals surface area contributed by atoms with E-state index in [1.165, 1.54) is 0 Å². The van der Waals surface area contributed by atoms with Crippen LogP contribution in [0.1, 0.15) is 31.1 Å². The highest BCUT2D eigenvalue weighted by Crippen LogP contribution is 2.43. The molecule has 19 heavy (non-hydrogen) atoms. The molecule has 0 spiro atoms. The van der Waals surface area contributed by atoms with Crippen molar-refractivity contribution in [2.45, 2.75) is 49.3 Å². The van der Waals surface area contributed by atoms with Gasteiger partial charge in [-0.25, -0.2) is 0 Å². The predicted octanol–water partition coefficient (Wildman–Crippen LogP) is 0.440. The van der Waals surface area contributed by atoms with Crippen molar-refractivity contribution in [3.63, 3.8) is 0 Å². The average Bonchev–Trinajstić information content (AvgIpc) is 3.09. The van der Waals surface area contributed by atoms with Crippen LogP contribution >= 0.6 is 11.8 Å². The molecule has 2 fully saturated rings. The van der Waals surface area contributed by atoms with Gasteiger partial charge in [-0.3, -0.25) is 9.36 Å². The lowest BCUT2D eigenvalue weighted by Gasteiger charge is -2.22. The number of rotatable bonds is 5. The molecule has 3 atom stereocenters. The van der Waals surface area contributed by atoms with E-state index < -0.39 is 5.97 Å². The Labute approximate surface area is 114 Å². The first-order valence-electron chi connectivity index (χ1n) is 6.23. The molecule has 1 aromatic heterocycles. The van der Waals surface area contributed by atoms with E-state index in [-0.39, 0.29) is 30.6 Å². The molecule has 2 aliphatic rings. The van der Waals surface area contributed by atoms with Crippen molar-refractivity contribution in [2.24, 2.45) is 0 Å². The van der Waals surface area contributed by atoms with Crippen molar-refractivity contribution in [3.05, 3.63) is 5.82 Å². The fraction of sp³-hybridized carbons (Fsp3) is 0.727. The number of fused-ring (bicyclic) bond motifs is 2. The van der Waals surface area contributed by atoms with Gasteiger partial charge in [0, 0.05) is 0 Å². The van der Waals surface area contributed by atoms with Gasteiger partial charge in [0.15, 0.2) is 11.0 Å². The van der Waals surface area contributed by atoms with Gasteiger partial charge in [0.25, 0.3) is 0 Å². The Kier molecular flexibility index (Phi) is 3.46. The Balaban J connectivity index is 1.85. The Bertz CT molecular complexity index is 492. The Morgan fingerprint density at radius 2 is 2.32 bits per heavy atom. The van der Waals surface area contributed by atoms with Gasteiger partial charge in [0.05, 0.1) is 24.0 Å². The van der Waals surface area contributed by atoms with Crippen LogP contribution in [0, 0.1) is 0 Å². The van der Waals surface area contributed by atoms with Gasteiger partial charge >= 0.3 is 5.97 Å². The third-order valence-electron chi connectivity index (χ3n) is 3.61. The quantitative estimate of drug-likeness (QED) is 0.757. The predicted molar refractivity (Wildman–Crippen MR) is 65.9 cm³/mol. The van der Waals surface area contributed by atoms with Crippen molar-refractivity contribution in [3.8, 4) is 0 Å². The topological polar surface area (TPSA) is 97.5 Å². The average molecular weight is 285 g/mol. The van der Waals surface area contributed by atoms with E-state index in [9.17, 15) is 9.90 Å². The second kappa shape index (κ2) is 5.10. The first-order chi connectivity index (χ1) is 9.19. The highest BCUT2D eigenvalue weighted by Gasteiger charge is 2.43. The van der Waals surface area contributed by atoms with Crippen molar-refractivity contribution in [1.82, 2.24) is 14.8 Å². The molecule has 7 nitrogen and oxygen atoms in total. The van der Waals surface area contributed by atoms with Gasteiger partial charge in [-0.2, -0.15) is 0 Å². The first-order valence-corrected chi connectivity index (χ1v) is 7.22. The summed E-state index contributed by atoms with van der Waals surface area (Å²) in [7, 11) is 0. The minimum Gasteiger partial charge on any atom is -0.481 e. The Morgan fingerprint density at radius 1 is 1.47 bits per heavy atom. The Morgan fingerprint density at radius 3 is 2.89 bits per heavy atom. The Hall–Kier alpha value is -1.12. The highest BCUT2D eigenvalue weighted by atomic mass is 32.2. The zero-order chi connectivity index (χ0) is 13.4. The van der Waals surface area contributed by atoms with E-state index in [4.69, 9.17) is 9.84 Å². The van der Waals surface area contributed by atoms with E-state index in [1.807, 2.05) is 4.57 Å². The maximum absolute atomic E-state index is 10.7. The molecule has 0 amide bonds. The van der Waals surface area contributed by atoms with Crippen molar-refractivity contribution >= 4 is 17.7 Å². The molecular formula is C11H15N3O4S. The number of hydrogen-bond acceptors (Lipinski definition) is 6. The number of carboxylic acid groups (broad SMARTS) is 1. The standard InChI is InChI=1S/C11H15N3O4S/c15-4-9-12-13-11(19-5-10(16)17)14(9)7-3-6-1-2-8(7)18-6/h6-8,15H,1-5H2,(H,16,17). The van der Waals surface area contributed by atoms with Crippen LogP contribution < -0.4 is 0 Å². The number of thioether (sulfide) groups is 1. The van der Waals surface area contributed by atoms with Crippen molar-refractivity contribution < 1.29 is 19.7 Å². The summed E-state index contributed by atoms with van der Waals surface area (Å²) in [5.74, 6) is -0.478. The summed E-state index contributed by atoms with van der Waals surface area (Å²) in [6, 6.07) is 0.118. The molecular weight excluding hydrogens is 270 g/mol. The monoisotopic (exact) mass is 285 g/mol. The molecule has 0 saturated carbocycles. The second-order valence-corrected chi connectivity index (χ2v) is 5.73. The number of nitrogens with zero attached hydrogens (tertiary/aromatic N) is 3. The lowest BCUT2D eigenvalue weighted by atomic mass is 9.95. The van der Waals surface area contributed by atoms with E-state index in [2.05, 4.69) is 10.2 Å². The van der Waals surface area contributed by atoms with Crippen LogP contribution in [0.5, 0.6) is 0 Å². The molecule has 2 aliphatic heterocycles. The van der Waals surface area contributed by atoms with E-state index in [0.29, 0.717) is 11.0 Å². The normalized spacial score (nSPS) is 29.0. The fourth-order valence-electron chi connectivity index (χ4n) is 2.86. The third kappa shape index (κ3) is 2.35. The van der Waals surface area contributed by atoms with Crippen LogP contribution in [0.4, 0.5) is 0 Å². The SMILES string of the molecule is O=C(O)CSc1nnc(CO)n1C1CC2CCC1O2. The molecule has 3 rings (SSSR count). The van der Waals surface area contributed by atoms with Gasteiger partial charge in [0.1, 0.15) is 6.61 Å². The van der Waals surface area contributed by atoms with Crippen LogP contribution in [0.15, 0.2) is 5.16 Å². The maximum Gasteiger partial charge on any atom is 0.313 e. The second-order valence-electron chi connectivity index (χ2n) is 4.79. The van der Waals surface area contributed by atoms with Crippen LogP contribution in [0.25, 0.3) is 0 Å². The van der Waals surface area contributed by atoms with Crippen LogP contribution in [-0.4, -0.2) is 48.9 Å². The molecule has 8 heteroatoms. The molecule has 0 radical (unpaired) electrons. The van der Waals surface area contributed by atoms with E-state index in [0.717, 1.165) is 31.0 Å². The largest absolute Gasteiger partial charge is 0.481 e. The smallest absolute Gasteiger partial charge is 0.313 e. The lowest BCUT2D eigenvalue weighted by Crippen LogP contribution is -2.23. The zero-order valence-electron chi connectivity index (χ0n) is 10.2. The summed E-state index contributed by atoms with van der Waals surface area (Å²) in [6.07, 6.45) is 3.38. The maximum atomic E-state index is 10.7. The first kappa shape index (κ1) is 12.9. The summed E-state index contributed by atoms with van der Waals surface area (Å²) < 4.78 is 7.66. The minimum atomic E-state index is -0.894. The molecule has 3 heterocycles. The lowest BCUT2D eigenvalue weighted by molar-refractivity contribution is -0.133. The number of aliphatic hydroxyl groups excluding tert-OH is 1. The summed E-state index contributed by atoms with van der Waals surface area (Å²) >= 11 is 1.13. The number of aromatic nitrogens is 3. The fourth-order valence-corrected chi connectivity index (χ4v) is 3.59. The van der Waals surface area contributed by atoms with Gasteiger partial charge in [-0.05, 0) is 19.3 Å². The van der Waals surface area contributed by atoms with Crippen molar-refractivity contribution in [2.75, 3.05) is 5.75 Å². The number of carbonyl (C=O) groups is 1. The van der Waals surface area contributed by atoms with Crippen LogP contribution in [0.2, 0.25) is 0 Å². The molecule has 2 N–H and O–H groups in total. The zero-order valence-corrected chi connectivity index (χ0v) is 11.0. The molecule has 3 unspecified atom stereocenters. The summed E-state index contributed by atoms with van der Waals surface area (Å²) in [4.78, 5) is 10.7. The summed E-state index contributed by atoms with van der Waals surface area (Å²) in [5, 5.41) is 26.6. The molecule has 0 aliphatic carbocycles. The third-order valence-corrected chi connectivity index (χ3v) is 4.53. The number of ether oxygens (including phenoxy) is 1. The summed E-state index contributed by atoms with van der Waals surface area (Å²) in [5.41, 5.74) is 0. The van der Waals surface area contributed by atoms with Crippen LogP contribution in [-0.2, 0) is 16.1 Å². The molecule has 104 valence electrons. The minimum absolute atomic E-state index is 0.0643.